The topological polar surface area (TPSA) is 41.7 Å². The summed E-state index contributed by atoms with van der Waals surface area (Å²) in [7, 11) is 1.76. The smallest absolute Gasteiger partial charge is 0.0656 e. The van der Waals surface area contributed by atoms with Gasteiger partial charge < -0.3 is 10.5 Å². The van der Waals surface area contributed by atoms with E-state index in [0.29, 0.717) is 6.54 Å². The van der Waals surface area contributed by atoms with Crippen LogP contribution in [0.2, 0.25) is 0 Å². The van der Waals surface area contributed by atoms with Crippen LogP contribution >= 0.6 is 0 Å². The van der Waals surface area contributed by atoms with Gasteiger partial charge in [0, 0.05) is 39.3 Å². The van der Waals surface area contributed by atoms with Gasteiger partial charge in [-0.3, -0.25) is 9.80 Å². The van der Waals surface area contributed by atoms with E-state index in [1.54, 1.807) is 7.11 Å². The molecule has 0 aromatic carbocycles. The molecule has 2 atom stereocenters. The van der Waals surface area contributed by atoms with Crippen molar-refractivity contribution in [2.24, 2.45) is 5.73 Å². The lowest BCUT2D eigenvalue weighted by atomic mass is 9.98. The lowest BCUT2D eigenvalue weighted by Gasteiger charge is -2.46. The number of hydrogen-bond donors (Lipinski definition) is 1. The lowest BCUT2D eigenvalue weighted by molar-refractivity contribution is -0.0150. The number of rotatable bonds is 4. The Morgan fingerprint density at radius 3 is 2.88 bits per heavy atom. The second kappa shape index (κ2) is 5.00. The summed E-state index contributed by atoms with van der Waals surface area (Å²) >= 11 is 0. The van der Waals surface area contributed by atoms with Crippen LogP contribution in [0.25, 0.3) is 0 Å². The summed E-state index contributed by atoms with van der Waals surface area (Å²) in [5.74, 6) is 0. The number of nitrogens with zero attached hydrogens (tertiary/aromatic N) is 2. The second-order valence-corrected chi connectivity index (χ2v) is 5.41. The van der Waals surface area contributed by atoms with Crippen LogP contribution in [0.15, 0.2) is 0 Å². The Balaban J connectivity index is 1.98. The van der Waals surface area contributed by atoms with Crippen LogP contribution < -0.4 is 5.73 Å². The first kappa shape index (κ1) is 12.3. The van der Waals surface area contributed by atoms with Crippen molar-refractivity contribution in [3.8, 4) is 0 Å². The van der Waals surface area contributed by atoms with Crippen molar-refractivity contribution in [3.05, 3.63) is 0 Å². The maximum atomic E-state index is 5.93. The molecule has 4 nitrogen and oxygen atoms in total. The van der Waals surface area contributed by atoms with E-state index in [9.17, 15) is 0 Å². The van der Waals surface area contributed by atoms with Gasteiger partial charge in [-0.05, 0) is 26.3 Å². The Hall–Kier alpha value is -0.160. The van der Waals surface area contributed by atoms with E-state index in [0.717, 1.165) is 25.7 Å². The largest absolute Gasteiger partial charge is 0.383 e. The summed E-state index contributed by atoms with van der Waals surface area (Å²) in [6, 6.07) is 0.761. The monoisotopic (exact) mass is 227 g/mol. The maximum Gasteiger partial charge on any atom is 0.0656 e. The van der Waals surface area contributed by atoms with E-state index in [1.165, 1.54) is 25.9 Å². The molecule has 94 valence electrons. The molecule has 2 aliphatic rings. The molecule has 2 aliphatic heterocycles. The van der Waals surface area contributed by atoms with Crippen LogP contribution in [0.1, 0.15) is 19.8 Å². The number of piperazine rings is 1. The third-order valence-electron chi connectivity index (χ3n) is 4.25. The van der Waals surface area contributed by atoms with E-state index >= 15 is 0 Å². The molecule has 0 spiro atoms. The van der Waals surface area contributed by atoms with Gasteiger partial charge in [0.15, 0.2) is 0 Å². The molecule has 2 fully saturated rings. The molecule has 0 aliphatic carbocycles. The molecule has 16 heavy (non-hydrogen) atoms. The van der Waals surface area contributed by atoms with Gasteiger partial charge in [-0.1, -0.05) is 0 Å². The van der Waals surface area contributed by atoms with E-state index in [4.69, 9.17) is 10.5 Å². The summed E-state index contributed by atoms with van der Waals surface area (Å²) in [6.07, 6.45) is 2.71. The van der Waals surface area contributed by atoms with Gasteiger partial charge in [0.05, 0.1) is 12.1 Å². The third kappa shape index (κ3) is 2.25. The van der Waals surface area contributed by atoms with Crippen molar-refractivity contribution in [1.82, 2.24) is 9.80 Å². The summed E-state index contributed by atoms with van der Waals surface area (Å²) < 4.78 is 5.33. The fourth-order valence-corrected chi connectivity index (χ4v) is 3.07. The van der Waals surface area contributed by atoms with Gasteiger partial charge in [-0.15, -0.1) is 0 Å². The summed E-state index contributed by atoms with van der Waals surface area (Å²) in [4.78, 5) is 5.16. The predicted octanol–water partition coefficient (Wildman–Crippen LogP) is 0.130. The molecule has 0 radical (unpaired) electrons. The average Bonchev–Trinajstić information content (AvgIpc) is 2.76. The van der Waals surface area contributed by atoms with Crippen LogP contribution in [0.3, 0.4) is 0 Å². The first-order valence-corrected chi connectivity index (χ1v) is 6.38. The van der Waals surface area contributed by atoms with Crippen LogP contribution in [-0.4, -0.2) is 67.8 Å². The highest BCUT2D eigenvalue weighted by molar-refractivity contribution is 4.95. The van der Waals surface area contributed by atoms with E-state index in [-0.39, 0.29) is 5.54 Å². The Labute approximate surface area is 98.7 Å². The van der Waals surface area contributed by atoms with Gasteiger partial charge >= 0.3 is 0 Å². The van der Waals surface area contributed by atoms with Crippen LogP contribution in [-0.2, 0) is 4.74 Å². The maximum absolute atomic E-state index is 5.93. The first-order valence-electron chi connectivity index (χ1n) is 6.38. The predicted molar refractivity (Wildman–Crippen MR) is 65.5 cm³/mol. The Kier molecular flexibility index (Phi) is 3.85. The normalized spacial score (nSPS) is 31.3. The van der Waals surface area contributed by atoms with E-state index < -0.39 is 0 Å². The number of hydrogen-bond acceptors (Lipinski definition) is 4. The van der Waals surface area contributed by atoms with E-state index in [2.05, 4.69) is 16.7 Å². The van der Waals surface area contributed by atoms with Crippen molar-refractivity contribution in [2.45, 2.75) is 31.3 Å². The number of fused-ring (bicyclic) bond motifs is 1. The Morgan fingerprint density at radius 2 is 2.19 bits per heavy atom. The molecule has 2 saturated heterocycles. The molecular formula is C12H25N3O. The molecule has 2 heterocycles. The van der Waals surface area contributed by atoms with E-state index in [1.807, 2.05) is 0 Å². The molecule has 0 saturated carbocycles. The molecule has 0 bridgehead atoms. The van der Waals surface area contributed by atoms with Gasteiger partial charge in [0.1, 0.15) is 0 Å². The zero-order chi connectivity index (χ0) is 11.6. The summed E-state index contributed by atoms with van der Waals surface area (Å²) in [5.41, 5.74) is 5.94. The molecule has 2 rings (SSSR count). The molecule has 0 aromatic heterocycles. The molecule has 0 amide bonds. The lowest BCUT2D eigenvalue weighted by Crippen LogP contribution is -2.62. The number of methoxy groups -OCH3 is 1. The molecule has 2 N–H and O–H groups in total. The minimum atomic E-state index is 0.0173. The van der Waals surface area contributed by atoms with Crippen molar-refractivity contribution in [3.63, 3.8) is 0 Å². The van der Waals surface area contributed by atoms with Crippen LogP contribution in [0, 0.1) is 0 Å². The van der Waals surface area contributed by atoms with Crippen molar-refractivity contribution < 1.29 is 4.74 Å². The standard InChI is InChI=1S/C12H25N3O/c1-12(9-13,10-16-2)15-7-6-14-5-3-4-11(14)8-15/h11H,3-10,13H2,1-2H3. The molecular weight excluding hydrogens is 202 g/mol. The zero-order valence-corrected chi connectivity index (χ0v) is 10.6. The Morgan fingerprint density at radius 1 is 1.38 bits per heavy atom. The second-order valence-electron chi connectivity index (χ2n) is 5.41. The van der Waals surface area contributed by atoms with Crippen molar-refractivity contribution >= 4 is 0 Å². The SMILES string of the molecule is COCC(C)(CN)N1CCN2CCCC2C1. The average molecular weight is 227 g/mol. The van der Waals surface area contributed by atoms with Crippen molar-refractivity contribution in [1.29, 1.82) is 0 Å². The fourth-order valence-electron chi connectivity index (χ4n) is 3.07. The van der Waals surface area contributed by atoms with Gasteiger partial charge in [-0.25, -0.2) is 0 Å². The molecule has 2 unspecified atom stereocenters. The van der Waals surface area contributed by atoms with Crippen molar-refractivity contribution in [2.75, 3.05) is 46.4 Å². The van der Waals surface area contributed by atoms with Gasteiger partial charge in [0.25, 0.3) is 0 Å². The minimum absolute atomic E-state index is 0.0173. The van der Waals surface area contributed by atoms with Crippen LogP contribution in [0.5, 0.6) is 0 Å². The zero-order valence-electron chi connectivity index (χ0n) is 10.6. The number of ether oxygens (including phenoxy) is 1. The summed E-state index contributed by atoms with van der Waals surface area (Å²) in [5, 5.41) is 0. The number of nitrogens with two attached hydrogens (primary N) is 1. The third-order valence-corrected chi connectivity index (χ3v) is 4.25. The fraction of sp³-hybridized carbons (Fsp3) is 1.00. The highest BCUT2D eigenvalue weighted by Crippen LogP contribution is 2.26. The van der Waals surface area contributed by atoms with Gasteiger partial charge in [0.2, 0.25) is 0 Å². The minimum Gasteiger partial charge on any atom is -0.383 e. The molecule has 4 heteroatoms. The highest BCUT2D eigenvalue weighted by atomic mass is 16.5. The quantitative estimate of drug-likeness (QED) is 0.741. The molecule has 0 aromatic rings. The Bertz CT molecular complexity index is 236. The summed E-state index contributed by atoms with van der Waals surface area (Å²) in [6.45, 7) is 8.42. The highest BCUT2D eigenvalue weighted by Gasteiger charge is 2.38. The van der Waals surface area contributed by atoms with Crippen LogP contribution in [0.4, 0.5) is 0 Å². The first-order chi connectivity index (χ1) is 7.69. The van der Waals surface area contributed by atoms with Gasteiger partial charge in [-0.2, -0.15) is 0 Å².